The summed E-state index contributed by atoms with van der Waals surface area (Å²) < 4.78 is 4.73. The van der Waals surface area contributed by atoms with Crippen molar-refractivity contribution in [2.24, 2.45) is 0 Å². The molecule has 1 aliphatic rings. The second-order valence-corrected chi connectivity index (χ2v) is 2.86. The van der Waals surface area contributed by atoms with Crippen LogP contribution in [0.4, 0.5) is 0 Å². The van der Waals surface area contributed by atoms with Gasteiger partial charge in [0.2, 0.25) is 0 Å². The van der Waals surface area contributed by atoms with E-state index in [9.17, 15) is 9.59 Å². The van der Waals surface area contributed by atoms with Gasteiger partial charge in [-0.15, -0.1) is 0 Å². The molecule has 0 aromatic rings. The maximum Gasteiger partial charge on any atom is 0.333 e. The molecule has 1 saturated heterocycles. The fourth-order valence-corrected chi connectivity index (χ4v) is 1.08. The van der Waals surface area contributed by atoms with Crippen molar-refractivity contribution >= 4 is 11.8 Å². The first-order chi connectivity index (χ1) is 5.70. The highest BCUT2D eigenvalue weighted by molar-refractivity contribution is 5.90. The maximum atomic E-state index is 10.9. The number of esters is 1. The summed E-state index contributed by atoms with van der Waals surface area (Å²) in [6.07, 6.45) is 3.66. The fraction of sp³-hybridized carbons (Fsp3) is 0.556. The molecule has 1 fully saturated rings. The van der Waals surface area contributed by atoms with Crippen molar-refractivity contribution in [1.82, 2.24) is 0 Å². The Morgan fingerprint density at radius 2 is 2.42 bits per heavy atom. The van der Waals surface area contributed by atoms with E-state index in [4.69, 9.17) is 4.74 Å². The molecule has 0 unspecified atom stereocenters. The Kier molecular flexibility index (Phi) is 3.02. The van der Waals surface area contributed by atoms with Crippen LogP contribution in [0.3, 0.4) is 0 Å². The minimum atomic E-state index is -0.224. The largest absolute Gasteiger partial charge is 0.462 e. The molecule has 1 rings (SSSR count). The number of Topliss-reactive ketones (excluding diaryl/α,β-unsaturated/α-hetero) is 1. The van der Waals surface area contributed by atoms with Crippen LogP contribution < -0.4 is 0 Å². The number of allylic oxidation sites excluding steroid dienone is 1. The van der Waals surface area contributed by atoms with Crippen molar-refractivity contribution in [3.05, 3.63) is 11.6 Å². The van der Waals surface area contributed by atoms with Crippen LogP contribution in [-0.4, -0.2) is 18.4 Å². The van der Waals surface area contributed by atoms with Gasteiger partial charge in [0.1, 0.15) is 5.78 Å². The van der Waals surface area contributed by atoms with Gasteiger partial charge in [0, 0.05) is 18.4 Å². The minimum absolute atomic E-state index is 0.151. The lowest BCUT2D eigenvalue weighted by atomic mass is 10.1. The van der Waals surface area contributed by atoms with E-state index in [1.165, 1.54) is 0 Å². The SMILES string of the molecule is CC(=O)CC/C=C1\CCOC1=O. The van der Waals surface area contributed by atoms with E-state index >= 15 is 0 Å². The van der Waals surface area contributed by atoms with Crippen LogP contribution in [0.15, 0.2) is 11.6 Å². The number of hydrogen-bond donors (Lipinski definition) is 0. The molecule has 0 aromatic carbocycles. The fourth-order valence-electron chi connectivity index (χ4n) is 1.08. The predicted octanol–water partition coefficient (Wildman–Crippen LogP) is 1.23. The molecule has 0 saturated carbocycles. The Morgan fingerprint density at radius 1 is 1.67 bits per heavy atom. The van der Waals surface area contributed by atoms with Crippen LogP contribution in [0.5, 0.6) is 0 Å². The lowest BCUT2D eigenvalue weighted by molar-refractivity contribution is -0.135. The van der Waals surface area contributed by atoms with Gasteiger partial charge in [0.15, 0.2) is 0 Å². The number of carbonyl (C=O) groups excluding carboxylic acids is 2. The summed E-state index contributed by atoms with van der Waals surface area (Å²) in [5, 5.41) is 0. The third-order valence-electron chi connectivity index (χ3n) is 1.75. The molecule has 0 bridgehead atoms. The smallest absolute Gasteiger partial charge is 0.333 e. The van der Waals surface area contributed by atoms with E-state index in [2.05, 4.69) is 0 Å². The summed E-state index contributed by atoms with van der Waals surface area (Å²) in [5.74, 6) is -0.0724. The molecule has 66 valence electrons. The quantitative estimate of drug-likeness (QED) is 0.470. The predicted molar refractivity (Wildman–Crippen MR) is 43.6 cm³/mol. The van der Waals surface area contributed by atoms with E-state index in [1.807, 2.05) is 0 Å². The van der Waals surface area contributed by atoms with Gasteiger partial charge in [-0.2, -0.15) is 0 Å². The number of ether oxygens (including phenoxy) is 1. The molecule has 0 atom stereocenters. The molecule has 3 heteroatoms. The number of carbonyl (C=O) groups is 2. The first-order valence-electron chi connectivity index (χ1n) is 4.06. The summed E-state index contributed by atoms with van der Waals surface area (Å²) in [4.78, 5) is 21.4. The van der Waals surface area contributed by atoms with Crippen LogP contribution >= 0.6 is 0 Å². The molecule has 12 heavy (non-hydrogen) atoms. The number of hydrogen-bond acceptors (Lipinski definition) is 3. The van der Waals surface area contributed by atoms with E-state index in [0.717, 1.165) is 5.57 Å². The topological polar surface area (TPSA) is 43.4 Å². The van der Waals surface area contributed by atoms with Crippen molar-refractivity contribution in [3.63, 3.8) is 0 Å². The molecule has 0 N–H and O–H groups in total. The highest BCUT2D eigenvalue weighted by atomic mass is 16.5. The van der Waals surface area contributed by atoms with Gasteiger partial charge in [-0.05, 0) is 13.3 Å². The van der Waals surface area contributed by atoms with Gasteiger partial charge in [0.05, 0.1) is 6.61 Å². The maximum absolute atomic E-state index is 10.9. The first-order valence-corrected chi connectivity index (χ1v) is 4.06. The second-order valence-electron chi connectivity index (χ2n) is 2.86. The van der Waals surface area contributed by atoms with Crippen LogP contribution in [-0.2, 0) is 14.3 Å². The third kappa shape index (κ3) is 2.49. The lowest BCUT2D eigenvalue weighted by Gasteiger charge is -1.91. The van der Waals surface area contributed by atoms with E-state index < -0.39 is 0 Å². The molecule has 0 radical (unpaired) electrons. The summed E-state index contributed by atoms with van der Waals surface area (Å²) in [6, 6.07) is 0. The Hall–Kier alpha value is -1.12. The molecular weight excluding hydrogens is 156 g/mol. The summed E-state index contributed by atoms with van der Waals surface area (Å²) >= 11 is 0. The zero-order valence-electron chi connectivity index (χ0n) is 7.13. The standard InChI is InChI=1S/C9H12O3/c1-7(10)3-2-4-8-5-6-12-9(8)11/h4H,2-3,5-6H2,1H3/b8-4+. The van der Waals surface area contributed by atoms with Crippen molar-refractivity contribution in [3.8, 4) is 0 Å². The third-order valence-corrected chi connectivity index (χ3v) is 1.75. The molecule has 3 nitrogen and oxygen atoms in total. The Balaban J connectivity index is 2.36. The Bertz CT molecular complexity index is 228. The van der Waals surface area contributed by atoms with E-state index in [1.54, 1.807) is 13.0 Å². The first kappa shape index (κ1) is 8.97. The molecule has 0 aliphatic carbocycles. The lowest BCUT2D eigenvalue weighted by Crippen LogP contribution is -1.95. The van der Waals surface area contributed by atoms with Crippen LogP contribution in [0, 0.1) is 0 Å². The van der Waals surface area contributed by atoms with Gasteiger partial charge < -0.3 is 9.53 Å². The number of ketones is 1. The monoisotopic (exact) mass is 168 g/mol. The second kappa shape index (κ2) is 4.04. The Morgan fingerprint density at radius 3 is 2.92 bits per heavy atom. The zero-order valence-corrected chi connectivity index (χ0v) is 7.13. The average Bonchev–Trinajstić information content (AvgIpc) is 2.36. The van der Waals surface area contributed by atoms with Crippen molar-refractivity contribution in [2.75, 3.05) is 6.61 Å². The molecule has 0 spiro atoms. The molecule has 0 amide bonds. The molecular formula is C9H12O3. The van der Waals surface area contributed by atoms with Gasteiger partial charge in [-0.25, -0.2) is 4.79 Å². The van der Waals surface area contributed by atoms with Crippen LogP contribution in [0.25, 0.3) is 0 Å². The zero-order chi connectivity index (χ0) is 8.97. The Labute approximate surface area is 71.4 Å². The summed E-state index contributed by atoms with van der Waals surface area (Å²) in [6.45, 7) is 2.04. The highest BCUT2D eigenvalue weighted by Crippen LogP contribution is 2.13. The van der Waals surface area contributed by atoms with Gasteiger partial charge in [-0.3, -0.25) is 0 Å². The van der Waals surface area contributed by atoms with Crippen molar-refractivity contribution in [1.29, 1.82) is 0 Å². The van der Waals surface area contributed by atoms with Crippen molar-refractivity contribution in [2.45, 2.75) is 26.2 Å². The highest BCUT2D eigenvalue weighted by Gasteiger charge is 2.17. The molecule has 1 aliphatic heterocycles. The number of rotatable bonds is 3. The molecule has 0 aromatic heterocycles. The summed E-state index contributed by atoms with van der Waals surface area (Å²) in [5.41, 5.74) is 0.719. The van der Waals surface area contributed by atoms with E-state index in [-0.39, 0.29) is 11.8 Å². The minimum Gasteiger partial charge on any atom is -0.462 e. The average molecular weight is 168 g/mol. The van der Waals surface area contributed by atoms with Gasteiger partial charge in [0.25, 0.3) is 0 Å². The van der Waals surface area contributed by atoms with Crippen molar-refractivity contribution < 1.29 is 14.3 Å². The van der Waals surface area contributed by atoms with E-state index in [0.29, 0.717) is 25.9 Å². The molecule has 1 heterocycles. The number of cyclic esters (lactones) is 1. The summed E-state index contributed by atoms with van der Waals surface area (Å²) in [7, 11) is 0. The van der Waals surface area contributed by atoms with Gasteiger partial charge >= 0.3 is 5.97 Å². The van der Waals surface area contributed by atoms with Gasteiger partial charge in [-0.1, -0.05) is 6.08 Å². The van der Waals surface area contributed by atoms with Crippen LogP contribution in [0.1, 0.15) is 26.2 Å². The van der Waals surface area contributed by atoms with Crippen LogP contribution in [0.2, 0.25) is 0 Å². The normalized spacial score (nSPS) is 19.8.